The quantitative estimate of drug-likeness (QED) is 0.0325. The zero-order valence-corrected chi connectivity index (χ0v) is 37.7. The van der Waals surface area contributed by atoms with Crippen molar-refractivity contribution >= 4 is 35.3 Å². The summed E-state index contributed by atoms with van der Waals surface area (Å²) < 4.78 is 0. The Bertz CT molecular complexity index is 744. The first kappa shape index (κ1) is 59.8. The topological polar surface area (TPSA) is 112 Å². The number of hydrogen-bond acceptors (Lipinski definition) is 3. The molecule has 0 saturated heterocycles. The Morgan fingerprint density at radius 2 is 0.455 bits per heavy atom. The highest BCUT2D eigenvalue weighted by Gasteiger charge is 1.98. The van der Waals surface area contributed by atoms with Gasteiger partial charge in [0.25, 0.3) is 0 Å². The second kappa shape index (κ2) is 56.5. The zero-order valence-electron chi connectivity index (χ0n) is 36.6. The fourth-order valence-corrected chi connectivity index (χ4v) is 5.98. The van der Waals surface area contributed by atoms with Gasteiger partial charge in [0.2, 0.25) is 0 Å². The third kappa shape index (κ3) is 70.5. The molecule has 0 saturated carbocycles. The molecule has 0 spiro atoms. The number of unbranched alkanes of at least 4 members (excludes halogenated alkanes) is 27. The van der Waals surface area contributed by atoms with Gasteiger partial charge in [-0.25, -0.2) is 0 Å². The number of rotatable bonds is 39. The number of hydrogen-bond donors (Lipinski definition) is 3. The summed E-state index contributed by atoms with van der Waals surface area (Å²) in [5.41, 5.74) is 0. The Morgan fingerprint density at radius 3 is 0.636 bits per heavy atom. The van der Waals surface area contributed by atoms with Gasteiger partial charge in [0, 0.05) is 36.6 Å². The van der Waals surface area contributed by atoms with Gasteiger partial charge in [-0.1, -0.05) is 173 Å². The number of carboxylic acid groups (broad SMARTS) is 3. The van der Waals surface area contributed by atoms with Crippen molar-refractivity contribution in [3.63, 3.8) is 0 Å². The molecule has 0 atom stereocenters. The minimum absolute atomic E-state index is 0. The van der Waals surface area contributed by atoms with Gasteiger partial charge in [-0.05, 0) is 96.3 Å². The van der Waals surface area contributed by atoms with E-state index in [4.69, 9.17) is 15.3 Å². The molecule has 0 aliphatic carbocycles. The van der Waals surface area contributed by atoms with Gasteiger partial charge < -0.3 is 15.3 Å². The lowest BCUT2D eigenvalue weighted by Crippen LogP contribution is -1.93. The van der Waals surface area contributed by atoms with Crippen molar-refractivity contribution in [1.82, 2.24) is 0 Å². The van der Waals surface area contributed by atoms with Gasteiger partial charge in [-0.15, -0.1) is 0 Å². The van der Waals surface area contributed by atoms with Crippen LogP contribution in [0.2, 0.25) is 0 Å². The molecule has 321 valence electrons. The van der Waals surface area contributed by atoms with Crippen molar-refractivity contribution in [3.8, 4) is 0 Å². The van der Waals surface area contributed by atoms with E-state index in [1.807, 2.05) is 0 Å². The third-order valence-electron chi connectivity index (χ3n) is 9.46. The van der Waals surface area contributed by atoms with E-state index in [0.29, 0.717) is 19.3 Å². The minimum Gasteiger partial charge on any atom is -0.481 e. The SMILES string of the molecule is CCCCCC/C=C\CCCCCCCC(=O)O.CCCCCC/C=C\CCCCCCCC(=O)O.CCCCCC/C=C\CCCCCCCC(=O)O.[Al]. The van der Waals surface area contributed by atoms with Crippen LogP contribution in [0.1, 0.15) is 252 Å². The van der Waals surface area contributed by atoms with Crippen molar-refractivity contribution in [2.24, 2.45) is 0 Å². The molecule has 7 heteroatoms. The predicted octanol–water partition coefficient (Wildman–Crippen LogP) is 15.6. The molecule has 55 heavy (non-hydrogen) atoms. The van der Waals surface area contributed by atoms with Crippen LogP contribution >= 0.6 is 0 Å². The van der Waals surface area contributed by atoms with Crippen LogP contribution in [0.3, 0.4) is 0 Å². The van der Waals surface area contributed by atoms with Crippen LogP contribution in [0.5, 0.6) is 0 Å². The molecular formula is C48H90AlO6. The first-order valence-corrected chi connectivity index (χ1v) is 22.9. The molecule has 0 bridgehead atoms. The zero-order chi connectivity index (χ0) is 40.4. The van der Waals surface area contributed by atoms with Crippen molar-refractivity contribution in [1.29, 1.82) is 0 Å². The van der Waals surface area contributed by atoms with Gasteiger partial charge in [-0.2, -0.15) is 0 Å². The molecule has 0 rings (SSSR count). The standard InChI is InChI=1S/3C16H30O2.Al/c3*1-2-3-4-5-6-7-8-9-10-11-12-13-14-15-16(17)18;/h3*7-8H,2-6,9-15H2,1H3,(H,17,18);/b3*8-7-;. The Morgan fingerprint density at radius 1 is 0.291 bits per heavy atom. The fourth-order valence-electron chi connectivity index (χ4n) is 5.98. The molecule has 0 fully saturated rings. The van der Waals surface area contributed by atoms with E-state index in [2.05, 4.69) is 57.2 Å². The highest BCUT2D eigenvalue weighted by Crippen LogP contribution is 2.11. The highest BCUT2D eigenvalue weighted by atomic mass is 27.0. The second-order valence-electron chi connectivity index (χ2n) is 15.1. The van der Waals surface area contributed by atoms with Crippen molar-refractivity contribution in [2.75, 3.05) is 0 Å². The van der Waals surface area contributed by atoms with Crippen LogP contribution in [0.4, 0.5) is 0 Å². The van der Waals surface area contributed by atoms with E-state index in [1.54, 1.807) is 0 Å². The molecule has 0 aromatic carbocycles. The van der Waals surface area contributed by atoms with Crippen LogP contribution in [0.25, 0.3) is 0 Å². The van der Waals surface area contributed by atoms with Crippen molar-refractivity contribution in [2.45, 2.75) is 252 Å². The van der Waals surface area contributed by atoms with Crippen LogP contribution in [0.15, 0.2) is 36.5 Å². The van der Waals surface area contributed by atoms with Crippen LogP contribution in [-0.4, -0.2) is 50.6 Å². The van der Waals surface area contributed by atoms with Gasteiger partial charge in [0.1, 0.15) is 0 Å². The molecule has 0 heterocycles. The fraction of sp³-hybridized carbons (Fsp3) is 0.812. The smallest absolute Gasteiger partial charge is 0.303 e. The summed E-state index contributed by atoms with van der Waals surface area (Å²) in [6.45, 7) is 6.73. The Balaban J connectivity index is -0.000000351. The van der Waals surface area contributed by atoms with E-state index in [9.17, 15) is 14.4 Å². The van der Waals surface area contributed by atoms with Gasteiger partial charge >= 0.3 is 17.9 Å². The normalized spacial score (nSPS) is 11.0. The molecular weight excluding hydrogens is 700 g/mol. The van der Waals surface area contributed by atoms with Crippen molar-refractivity contribution in [3.05, 3.63) is 36.5 Å². The third-order valence-corrected chi connectivity index (χ3v) is 9.46. The maximum atomic E-state index is 10.3. The number of aliphatic carboxylic acids is 3. The summed E-state index contributed by atoms with van der Waals surface area (Å²) in [4.78, 5) is 30.9. The van der Waals surface area contributed by atoms with E-state index in [-0.39, 0.29) is 17.4 Å². The summed E-state index contributed by atoms with van der Waals surface area (Å²) in [5, 5.41) is 25.4. The average Bonchev–Trinajstić information content (AvgIpc) is 3.14. The minimum atomic E-state index is -0.666. The maximum Gasteiger partial charge on any atom is 0.303 e. The molecule has 0 aliphatic heterocycles. The monoisotopic (exact) mass is 790 g/mol. The molecule has 0 aromatic heterocycles. The molecule has 0 amide bonds. The van der Waals surface area contributed by atoms with Gasteiger partial charge in [-0.3, -0.25) is 14.4 Å². The highest BCUT2D eigenvalue weighted by molar-refractivity contribution is 5.75. The van der Waals surface area contributed by atoms with E-state index >= 15 is 0 Å². The molecule has 6 nitrogen and oxygen atoms in total. The van der Waals surface area contributed by atoms with E-state index in [1.165, 1.54) is 173 Å². The molecule has 3 radical (unpaired) electrons. The average molecular weight is 790 g/mol. The summed E-state index contributed by atoms with van der Waals surface area (Å²) in [6, 6.07) is 0. The largest absolute Gasteiger partial charge is 0.481 e. The first-order valence-electron chi connectivity index (χ1n) is 22.9. The second-order valence-corrected chi connectivity index (χ2v) is 15.1. The van der Waals surface area contributed by atoms with Crippen LogP contribution in [0, 0.1) is 0 Å². The van der Waals surface area contributed by atoms with Crippen LogP contribution < -0.4 is 0 Å². The lowest BCUT2D eigenvalue weighted by Gasteiger charge is -1.98. The Labute approximate surface area is 352 Å². The molecule has 3 N–H and O–H groups in total. The lowest BCUT2D eigenvalue weighted by atomic mass is 10.1. The number of carboxylic acids is 3. The Kier molecular flexibility index (Phi) is 61.5. The molecule has 0 aliphatic rings. The molecule has 0 aromatic rings. The van der Waals surface area contributed by atoms with Crippen LogP contribution in [-0.2, 0) is 14.4 Å². The van der Waals surface area contributed by atoms with E-state index < -0.39 is 17.9 Å². The van der Waals surface area contributed by atoms with Gasteiger partial charge in [0.15, 0.2) is 0 Å². The Hall–Kier alpha value is -1.84. The van der Waals surface area contributed by atoms with E-state index in [0.717, 1.165) is 38.5 Å². The maximum absolute atomic E-state index is 10.3. The molecule has 0 unspecified atom stereocenters. The summed E-state index contributed by atoms with van der Waals surface area (Å²) in [7, 11) is 0. The number of allylic oxidation sites excluding steroid dienone is 6. The summed E-state index contributed by atoms with van der Waals surface area (Å²) in [6.07, 6.45) is 55.0. The van der Waals surface area contributed by atoms with Gasteiger partial charge in [0.05, 0.1) is 0 Å². The first-order chi connectivity index (χ1) is 26.3. The summed E-state index contributed by atoms with van der Waals surface area (Å²) in [5.74, 6) is -2.00. The van der Waals surface area contributed by atoms with Crippen molar-refractivity contribution < 1.29 is 29.7 Å². The lowest BCUT2D eigenvalue weighted by molar-refractivity contribution is -0.138. The predicted molar refractivity (Wildman–Crippen MR) is 239 cm³/mol. The number of carbonyl (C=O) groups is 3. The summed E-state index contributed by atoms with van der Waals surface area (Å²) >= 11 is 0.